The molecule has 0 heterocycles. The van der Waals surface area contributed by atoms with E-state index < -0.39 is 0 Å². The lowest BCUT2D eigenvalue weighted by Crippen LogP contribution is -2.12. The topological polar surface area (TPSA) is 24.4 Å². The monoisotopic (exact) mass is 372 g/mol. The van der Waals surface area contributed by atoms with Crippen molar-refractivity contribution in [2.24, 2.45) is 10.5 Å². The molecule has 2 aromatic rings. The molecule has 0 bridgehead atoms. The van der Waals surface area contributed by atoms with E-state index in [2.05, 4.69) is 102 Å². The quantitative estimate of drug-likeness (QED) is 0.438. The van der Waals surface area contributed by atoms with Crippen LogP contribution in [0.4, 0.5) is 5.69 Å². The van der Waals surface area contributed by atoms with E-state index in [1.54, 1.807) is 0 Å². The summed E-state index contributed by atoms with van der Waals surface area (Å²) in [5.74, 6) is 0. The maximum Gasteiger partial charge on any atom is 0.0720 e. The van der Waals surface area contributed by atoms with Crippen LogP contribution in [0, 0.1) is 26.2 Å². The minimum absolute atomic E-state index is 0.154. The predicted octanol–water partition coefficient (Wildman–Crippen LogP) is 7.12. The molecule has 0 unspecified atom stereocenters. The third kappa shape index (κ3) is 4.62. The molecule has 1 aliphatic rings. The van der Waals surface area contributed by atoms with Crippen LogP contribution in [-0.2, 0) is 0 Å². The third-order valence-corrected chi connectivity index (χ3v) is 5.31. The van der Waals surface area contributed by atoms with Gasteiger partial charge in [-0.2, -0.15) is 5.10 Å². The summed E-state index contributed by atoms with van der Waals surface area (Å²) in [6.45, 7) is 13.3. The molecule has 0 aromatic heterocycles. The molecule has 146 valence electrons. The minimum Gasteiger partial charge on any atom is -0.278 e. The number of hydrogen-bond donors (Lipinski definition) is 1. The Morgan fingerprint density at radius 1 is 1.00 bits per heavy atom. The van der Waals surface area contributed by atoms with Crippen LogP contribution in [0.15, 0.2) is 70.9 Å². The van der Waals surface area contributed by atoms with Crippen LogP contribution in [0.25, 0.3) is 0 Å². The number of hydrazone groups is 1. The standard InChI is InChI=1S/C26H32N2/c1-18-15-19(2)25(20(3)16-18)28-27-24(21-11-8-7-9-12-21)17-22-13-10-14-23(22)26(4,5)6/h7-12,14-16,28H,13,17H2,1-6H3. The van der Waals surface area contributed by atoms with Gasteiger partial charge in [0.15, 0.2) is 0 Å². The first kappa shape index (κ1) is 20.1. The van der Waals surface area contributed by atoms with Gasteiger partial charge in [0.1, 0.15) is 0 Å². The first-order valence-electron chi connectivity index (χ1n) is 10.1. The first-order valence-corrected chi connectivity index (χ1v) is 10.1. The Morgan fingerprint density at radius 3 is 2.25 bits per heavy atom. The molecule has 0 amide bonds. The van der Waals surface area contributed by atoms with Crippen molar-refractivity contribution in [2.75, 3.05) is 5.43 Å². The van der Waals surface area contributed by atoms with E-state index in [4.69, 9.17) is 5.10 Å². The largest absolute Gasteiger partial charge is 0.278 e. The molecular formula is C26H32N2. The summed E-state index contributed by atoms with van der Waals surface area (Å²) in [5, 5.41) is 4.90. The SMILES string of the molecule is Cc1cc(C)c(NN=C(CC2=C(C(C)(C)C)C=CC2)c2ccccc2)c(C)c1. The number of hydrogen-bond acceptors (Lipinski definition) is 2. The predicted molar refractivity (Wildman–Crippen MR) is 122 cm³/mol. The molecule has 1 N–H and O–H groups in total. The number of anilines is 1. The molecule has 0 radical (unpaired) electrons. The smallest absolute Gasteiger partial charge is 0.0720 e. The van der Waals surface area contributed by atoms with E-state index in [0.29, 0.717) is 0 Å². The molecule has 28 heavy (non-hydrogen) atoms. The molecule has 2 aromatic carbocycles. The zero-order chi connectivity index (χ0) is 20.3. The average molecular weight is 373 g/mol. The van der Waals surface area contributed by atoms with Crippen molar-refractivity contribution in [1.29, 1.82) is 0 Å². The fourth-order valence-corrected chi connectivity index (χ4v) is 4.01. The number of rotatable bonds is 5. The summed E-state index contributed by atoms with van der Waals surface area (Å²) in [6.07, 6.45) is 6.45. The summed E-state index contributed by atoms with van der Waals surface area (Å²) in [7, 11) is 0. The molecule has 3 rings (SSSR count). The van der Waals surface area contributed by atoms with Gasteiger partial charge in [-0.25, -0.2) is 0 Å². The zero-order valence-corrected chi connectivity index (χ0v) is 18.1. The molecule has 0 aliphatic heterocycles. The molecule has 0 saturated carbocycles. The van der Waals surface area contributed by atoms with Crippen LogP contribution in [0.3, 0.4) is 0 Å². The van der Waals surface area contributed by atoms with E-state index >= 15 is 0 Å². The van der Waals surface area contributed by atoms with Crippen molar-refractivity contribution in [1.82, 2.24) is 0 Å². The van der Waals surface area contributed by atoms with Crippen LogP contribution in [0.1, 0.15) is 55.9 Å². The second kappa shape index (κ2) is 8.18. The van der Waals surface area contributed by atoms with Crippen molar-refractivity contribution in [3.8, 4) is 0 Å². The summed E-state index contributed by atoms with van der Waals surface area (Å²) in [6, 6.07) is 14.9. The van der Waals surface area contributed by atoms with Crippen molar-refractivity contribution in [3.05, 3.63) is 88.0 Å². The van der Waals surface area contributed by atoms with Crippen LogP contribution in [0.2, 0.25) is 0 Å². The Hall–Kier alpha value is -2.61. The van der Waals surface area contributed by atoms with E-state index in [1.807, 2.05) is 0 Å². The Bertz CT molecular complexity index is 915. The van der Waals surface area contributed by atoms with Crippen molar-refractivity contribution in [2.45, 2.75) is 54.4 Å². The summed E-state index contributed by atoms with van der Waals surface area (Å²) in [4.78, 5) is 0. The second-order valence-electron chi connectivity index (χ2n) is 8.86. The first-order chi connectivity index (χ1) is 13.3. The highest BCUT2D eigenvalue weighted by Gasteiger charge is 2.22. The van der Waals surface area contributed by atoms with E-state index in [0.717, 1.165) is 24.2 Å². The van der Waals surface area contributed by atoms with Gasteiger partial charge in [0.05, 0.1) is 11.4 Å². The Morgan fingerprint density at radius 2 is 1.64 bits per heavy atom. The molecular weight excluding hydrogens is 340 g/mol. The van der Waals surface area contributed by atoms with Gasteiger partial charge in [-0.3, -0.25) is 5.43 Å². The Kier molecular flexibility index (Phi) is 5.88. The summed E-state index contributed by atoms with van der Waals surface area (Å²) < 4.78 is 0. The number of aryl methyl sites for hydroxylation is 3. The van der Waals surface area contributed by atoms with Gasteiger partial charge in [0.2, 0.25) is 0 Å². The van der Waals surface area contributed by atoms with Gasteiger partial charge >= 0.3 is 0 Å². The molecule has 1 aliphatic carbocycles. The highest BCUT2D eigenvalue weighted by molar-refractivity contribution is 6.02. The Labute approximate surface area is 170 Å². The number of benzene rings is 2. The van der Waals surface area contributed by atoms with Crippen LogP contribution in [-0.4, -0.2) is 5.71 Å². The molecule has 2 nitrogen and oxygen atoms in total. The average Bonchev–Trinajstić information content (AvgIpc) is 3.09. The fraction of sp³-hybridized carbons (Fsp3) is 0.346. The lowest BCUT2D eigenvalue weighted by Gasteiger charge is -2.22. The van der Waals surface area contributed by atoms with Gasteiger partial charge in [-0.15, -0.1) is 0 Å². The van der Waals surface area contributed by atoms with Crippen LogP contribution in [0.5, 0.6) is 0 Å². The maximum atomic E-state index is 4.90. The second-order valence-corrected chi connectivity index (χ2v) is 8.86. The highest BCUT2D eigenvalue weighted by Crippen LogP contribution is 2.36. The Balaban J connectivity index is 1.96. The van der Waals surface area contributed by atoms with E-state index in [1.165, 1.54) is 33.4 Å². The zero-order valence-electron chi connectivity index (χ0n) is 18.1. The number of allylic oxidation sites excluding steroid dienone is 4. The maximum absolute atomic E-state index is 4.90. The van der Waals surface area contributed by atoms with Crippen molar-refractivity contribution in [3.63, 3.8) is 0 Å². The van der Waals surface area contributed by atoms with Gasteiger partial charge in [-0.1, -0.05) is 86.5 Å². The van der Waals surface area contributed by atoms with Gasteiger partial charge < -0.3 is 0 Å². The lowest BCUT2D eigenvalue weighted by molar-refractivity contribution is 0.513. The molecule has 0 saturated heterocycles. The molecule has 2 heteroatoms. The molecule has 0 fully saturated rings. The van der Waals surface area contributed by atoms with Gasteiger partial charge in [-0.05, 0) is 54.9 Å². The van der Waals surface area contributed by atoms with Gasteiger partial charge in [0.25, 0.3) is 0 Å². The molecule has 0 atom stereocenters. The lowest BCUT2D eigenvalue weighted by atomic mass is 9.83. The molecule has 0 spiro atoms. The normalized spacial score (nSPS) is 14.7. The summed E-state index contributed by atoms with van der Waals surface area (Å²) >= 11 is 0. The van der Waals surface area contributed by atoms with Gasteiger partial charge in [0, 0.05) is 6.42 Å². The number of nitrogens with zero attached hydrogens (tertiary/aromatic N) is 1. The van der Waals surface area contributed by atoms with E-state index in [-0.39, 0.29) is 5.41 Å². The summed E-state index contributed by atoms with van der Waals surface area (Å²) in [5.41, 5.74) is 13.5. The highest BCUT2D eigenvalue weighted by atomic mass is 15.3. The third-order valence-electron chi connectivity index (χ3n) is 5.31. The fourth-order valence-electron chi connectivity index (χ4n) is 4.01. The minimum atomic E-state index is 0.154. The number of nitrogens with one attached hydrogen (secondary N) is 1. The van der Waals surface area contributed by atoms with Crippen molar-refractivity contribution >= 4 is 11.4 Å². The van der Waals surface area contributed by atoms with Crippen molar-refractivity contribution < 1.29 is 0 Å². The van der Waals surface area contributed by atoms with E-state index in [9.17, 15) is 0 Å². The van der Waals surface area contributed by atoms with Crippen LogP contribution < -0.4 is 5.43 Å². The van der Waals surface area contributed by atoms with Crippen LogP contribution >= 0.6 is 0 Å².